The van der Waals surface area contributed by atoms with Gasteiger partial charge in [-0.05, 0) is 30.7 Å². The molecule has 0 bridgehead atoms. The summed E-state index contributed by atoms with van der Waals surface area (Å²) in [5.41, 5.74) is 0.0945. The maximum Gasteiger partial charge on any atom is 0.349 e. The normalized spacial score (nSPS) is 10.6. The Morgan fingerprint density at radius 3 is 2.89 bits per heavy atom. The van der Waals surface area contributed by atoms with Crippen molar-refractivity contribution in [3.05, 3.63) is 39.7 Å². The van der Waals surface area contributed by atoms with E-state index >= 15 is 0 Å². The molecule has 2 aromatic rings. The molecule has 2 rings (SSSR count). The molecule has 19 heavy (non-hydrogen) atoms. The molecule has 5 nitrogen and oxygen atoms in total. The smallest absolute Gasteiger partial charge is 0.349 e. The SMILES string of the molecule is Cc1c(C(=O)NCCS)c(=O)oc2ccc(O)cc12. The maximum absolute atomic E-state index is 11.9. The lowest BCUT2D eigenvalue weighted by Crippen LogP contribution is -2.30. The van der Waals surface area contributed by atoms with Gasteiger partial charge in [0.2, 0.25) is 0 Å². The highest BCUT2D eigenvalue weighted by atomic mass is 32.1. The first-order valence-corrected chi connectivity index (χ1v) is 6.33. The Morgan fingerprint density at radius 2 is 2.21 bits per heavy atom. The molecule has 0 aliphatic rings. The molecule has 0 aliphatic heterocycles. The second kappa shape index (κ2) is 5.36. The number of amides is 1. The van der Waals surface area contributed by atoms with E-state index in [0.29, 0.717) is 28.8 Å². The second-order valence-corrected chi connectivity index (χ2v) is 4.50. The lowest BCUT2D eigenvalue weighted by molar-refractivity contribution is 0.0952. The van der Waals surface area contributed by atoms with Gasteiger partial charge in [0, 0.05) is 17.7 Å². The van der Waals surface area contributed by atoms with Gasteiger partial charge in [-0.1, -0.05) is 0 Å². The molecule has 0 saturated heterocycles. The van der Waals surface area contributed by atoms with Crippen molar-refractivity contribution in [1.82, 2.24) is 5.32 Å². The maximum atomic E-state index is 11.9. The Bertz CT molecular complexity index is 693. The molecule has 0 spiro atoms. The molecular weight excluding hydrogens is 266 g/mol. The van der Waals surface area contributed by atoms with Gasteiger partial charge in [0.25, 0.3) is 5.91 Å². The van der Waals surface area contributed by atoms with E-state index in [0.717, 1.165) is 0 Å². The molecule has 1 aromatic heterocycles. The van der Waals surface area contributed by atoms with Gasteiger partial charge in [-0.25, -0.2) is 4.79 Å². The van der Waals surface area contributed by atoms with Crippen molar-refractivity contribution < 1.29 is 14.3 Å². The van der Waals surface area contributed by atoms with Gasteiger partial charge in [-0.3, -0.25) is 4.79 Å². The minimum Gasteiger partial charge on any atom is -0.508 e. The standard InChI is InChI=1S/C13H13NO4S/c1-7-9-6-8(15)2-3-10(9)18-13(17)11(7)12(16)14-4-5-19/h2-3,6,15,19H,4-5H2,1H3,(H,14,16). The molecular formula is C13H13NO4S. The van der Waals surface area contributed by atoms with Crippen LogP contribution in [-0.4, -0.2) is 23.3 Å². The molecule has 0 fully saturated rings. The summed E-state index contributed by atoms with van der Waals surface area (Å²) >= 11 is 3.98. The van der Waals surface area contributed by atoms with Crippen LogP contribution < -0.4 is 10.9 Å². The molecule has 0 unspecified atom stereocenters. The molecule has 0 atom stereocenters. The van der Waals surface area contributed by atoms with Crippen molar-refractivity contribution >= 4 is 29.5 Å². The number of carbonyl (C=O) groups excluding carboxylic acids is 1. The number of aryl methyl sites for hydroxylation is 1. The molecule has 0 aliphatic carbocycles. The van der Waals surface area contributed by atoms with Crippen LogP contribution >= 0.6 is 12.6 Å². The van der Waals surface area contributed by atoms with Crippen LogP contribution in [0, 0.1) is 6.92 Å². The fraction of sp³-hybridized carbons (Fsp3) is 0.231. The average molecular weight is 279 g/mol. The van der Waals surface area contributed by atoms with Gasteiger partial charge in [0.05, 0.1) is 0 Å². The second-order valence-electron chi connectivity index (χ2n) is 4.05. The van der Waals surface area contributed by atoms with Crippen molar-refractivity contribution in [3.63, 3.8) is 0 Å². The molecule has 6 heteroatoms. The molecule has 2 N–H and O–H groups in total. The third-order valence-electron chi connectivity index (χ3n) is 2.77. The zero-order chi connectivity index (χ0) is 14.0. The number of nitrogens with one attached hydrogen (secondary N) is 1. The van der Waals surface area contributed by atoms with E-state index < -0.39 is 11.5 Å². The topological polar surface area (TPSA) is 79.5 Å². The van der Waals surface area contributed by atoms with Gasteiger partial charge in [-0.2, -0.15) is 12.6 Å². The number of rotatable bonds is 3. The van der Waals surface area contributed by atoms with Crippen molar-refractivity contribution in [2.45, 2.75) is 6.92 Å². The van der Waals surface area contributed by atoms with E-state index in [2.05, 4.69) is 17.9 Å². The third kappa shape index (κ3) is 2.58. The highest BCUT2D eigenvalue weighted by Gasteiger charge is 2.18. The predicted molar refractivity (Wildman–Crippen MR) is 75.1 cm³/mol. The van der Waals surface area contributed by atoms with Crippen LogP contribution in [0.1, 0.15) is 15.9 Å². The summed E-state index contributed by atoms with van der Waals surface area (Å²) in [4.78, 5) is 23.7. The zero-order valence-electron chi connectivity index (χ0n) is 10.3. The van der Waals surface area contributed by atoms with E-state index in [4.69, 9.17) is 4.42 Å². The summed E-state index contributed by atoms with van der Waals surface area (Å²) in [6, 6.07) is 4.38. The van der Waals surface area contributed by atoms with Crippen LogP contribution in [0.25, 0.3) is 11.0 Å². The summed E-state index contributed by atoms with van der Waals surface area (Å²) in [7, 11) is 0. The van der Waals surface area contributed by atoms with Gasteiger partial charge < -0.3 is 14.8 Å². The number of phenols is 1. The number of thiol groups is 1. The van der Waals surface area contributed by atoms with E-state index in [9.17, 15) is 14.7 Å². The predicted octanol–water partition coefficient (Wildman–Crippen LogP) is 1.47. The summed E-state index contributed by atoms with van der Waals surface area (Å²) in [5, 5.41) is 12.6. The van der Waals surface area contributed by atoms with Crippen molar-refractivity contribution in [1.29, 1.82) is 0 Å². The van der Waals surface area contributed by atoms with E-state index in [-0.39, 0.29) is 11.3 Å². The molecule has 100 valence electrons. The Labute approximate surface area is 114 Å². The quantitative estimate of drug-likeness (QED) is 0.587. The fourth-order valence-electron chi connectivity index (χ4n) is 1.86. The summed E-state index contributed by atoms with van der Waals surface area (Å²) in [5.74, 6) is 0.0292. The monoisotopic (exact) mass is 279 g/mol. The van der Waals surface area contributed by atoms with Crippen LogP contribution in [-0.2, 0) is 0 Å². The third-order valence-corrected chi connectivity index (χ3v) is 3.00. The number of hydrogen-bond acceptors (Lipinski definition) is 5. The van der Waals surface area contributed by atoms with E-state index in [1.807, 2.05) is 0 Å². The largest absolute Gasteiger partial charge is 0.508 e. The van der Waals surface area contributed by atoms with Crippen LogP contribution in [0.3, 0.4) is 0 Å². The highest BCUT2D eigenvalue weighted by molar-refractivity contribution is 7.80. The molecule has 1 heterocycles. The average Bonchev–Trinajstić information content (AvgIpc) is 2.37. The lowest BCUT2D eigenvalue weighted by Gasteiger charge is -2.08. The first-order chi connectivity index (χ1) is 9.04. The molecule has 0 saturated carbocycles. The number of aromatic hydroxyl groups is 1. The molecule has 1 aromatic carbocycles. The first kappa shape index (κ1) is 13.5. The Hall–Kier alpha value is -1.95. The minimum absolute atomic E-state index is 0.0418. The number of carbonyl (C=O) groups is 1. The summed E-state index contributed by atoms with van der Waals surface area (Å²) in [6.07, 6.45) is 0. The summed E-state index contributed by atoms with van der Waals surface area (Å²) in [6.45, 7) is 2.01. The summed E-state index contributed by atoms with van der Waals surface area (Å²) < 4.78 is 5.08. The lowest BCUT2D eigenvalue weighted by atomic mass is 10.1. The van der Waals surface area contributed by atoms with Gasteiger partial charge in [0.1, 0.15) is 16.9 Å². The van der Waals surface area contributed by atoms with Gasteiger partial charge in [0.15, 0.2) is 0 Å². The Balaban J connectivity index is 2.61. The van der Waals surface area contributed by atoms with Gasteiger partial charge >= 0.3 is 5.63 Å². The molecule has 0 radical (unpaired) electrons. The minimum atomic E-state index is -0.688. The van der Waals surface area contributed by atoms with Crippen molar-refractivity contribution in [2.24, 2.45) is 0 Å². The number of fused-ring (bicyclic) bond motifs is 1. The number of benzene rings is 1. The van der Waals surface area contributed by atoms with Gasteiger partial charge in [-0.15, -0.1) is 0 Å². The fourth-order valence-corrected chi connectivity index (χ4v) is 1.97. The van der Waals surface area contributed by atoms with Crippen LogP contribution in [0.2, 0.25) is 0 Å². The van der Waals surface area contributed by atoms with Crippen LogP contribution in [0.5, 0.6) is 5.75 Å². The first-order valence-electron chi connectivity index (χ1n) is 5.70. The zero-order valence-corrected chi connectivity index (χ0v) is 11.2. The van der Waals surface area contributed by atoms with Crippen LogP contribution in [0.15, 0.2) is 27.4 Å². The number of phenolic OH excluding ortho intramolecular Hbond substituents is 1. The van der Waals surface area contributed by atoms with Crippen LogP contribution in [0.4, 0.5) is 0 Å². The number of hydrogen-bond donors (Lipinski definition) is 3. The van der Waals surface area contributed by atoms with Crippen molar-refractivity contribution in [3.8, 4) is 5.75 Å². The van der Waals surface area contributed by atoms with Crippen molar-refractivity contribution in [2.75, 3.05) is 12.3 Å². The molecule has 1 amide bonds. The van der Waals surface area contributed by atoms with E-state index in [1.54, 1.807) is 6.92 Å². The Kier molecular flexibility index (Phi) is 3.80. The van der Waals surface area contributed by atoms with E-state index in [1.165, 1.54) is 18.2 Å². The highest BCUT2D eigenvalue weighted by Crippen LogP contribution is 2.23. The Morgan fingerprint density at radius 1 is 1.47 bits per heavy atom.